The molecule has 2 N–H and O–H groups in total. The number of aromatic nitrogens is 4. The normalized spacial score (nSPS) is 11.1. The van der Waals surface area contributed by atoms with Crippen LogP contribution in [0.1, 0.15) is 29.8 Å². The van der Waals surface area contributed by atoms with Gasteiger partial charge in [0.2, 0.25) is 5.89 Å². The van der Waals surface area contributed by atoms with Crippen LogP contribution in [0.15, 0.2) is 52.2 Å². The average Bonchev–Trinajstić information content (AvgIpc) is 3.30. The number of hydrogen-bond donors (Lipinski definition) is 2. The van der Waals surface area contributed by atoms with Crippen LogP contribution < -0.4 is 10.6 Å². The maximum atomic E-state index is 4.98. The number of nitrogens with zero attached hydrogens (tertiary/aromatic N) is 5. The van der Waals surface area contributed by atoms with Gasteiger partial charge in [-0.2, -0.15) is 10.1 Å². The van der Waals surface area contributed by atoms with Crippen molar-refractivity contribution in [3.8, 4) is 0 Å². The number of nitrogens with one attached hydrogen (secondary N) is 2. The van der Waals surface area contributed by atoms with E-state index in [2.05, 4.69) is 43.0 Å². The van der Waals surface area contributed by atoms with E-state index in [9.17, 15) is 0 Å². The lowest BCUT2D eigenvalue weighted by molar-refractivity contribution is 0.387. The molecule has 2 aromatic heterocycles. The summed E-state index contributed by atoms with van der Waals surface area (Å²) in [5.74, 6) is 1.87. The van der Waals surface area contributed by atoms with Crippen molar-refractivity contribution in [1.82, 2.24) is 30.6 Å². The molecule has 0 saturated heterocycles. The summed E-state index contributed by atoms with van der Waals surface area (Å²) in [5.41, 5.74) is 2.36. The molecule has 0 aliphatic carbocycles. The maximum Gasteiger partial charge on any atom is 0.223 e. The Morgan fingerprint density at radius 1 is 1.19 bits per heavy atom. The van der Waals surface area contributed by atoms with Gasteiger partial charge in [0.1, 0.15) is 0 Å². The van der Waals surface area contributed by atoms with Crippen LogP contribution in [0.5, 0.6) is 0 Å². The summed E-state index contributed by atoms with van der Waals surface area (Å²) in [6, 6.07) is 10.2. The highest BCUT2D eigenvalue weighted by molar-refractivity contribution is 14.0. The molecule has 8 nitrogen and oxygen atoms in total. The molecule has 27 heavy (non-hydrogen) atoms. The third kappa shape index (κ3) is 6.35. The fourth-order valence-electron chi connectivity index (χ4n) is 2.52. The van der Waals surface area contributed by atoms with E-state index in [1.807, 2.05) is 36.0 Å². The molecule has 0 fully saturated rings. The van der Waals surface area contributed by atoms with Crippen molar-refractivity contribution in [2.24, 2.45) is 4.99 Å². The molecule has 9 heteroatoms. The Morgan fingerprint density at radius 2 is 2.00 bits per heavy atom. The second kappa shape index (κ2) is 10.7. The zero-order valence-corrected chi connectivity index (χ0v) is 17.8. The Labute approximate surface area is 175 Å². The van der Waals surface area contributed by atoms with Crippen LogP contribution in [0, 0.1) is 6.92 Å². The van der Waals surface area contributed by atoms with Gasteiger partial charge >= 0.3 is 0 Å². The molecular weight excluding hydrogens is 457 g/mol. The van der Waals surface area contributed by atoms with Crippen LogP contribution >= 0.6 is 24.0 Å². The highest BCUT2D eigenvalue weighted by Crippen LogP contribution is 2.11. The third-order valence-electron chi connectivity index (χ3n) is 3.75. The summed E-state index contributed by atoms with van der Waals surface area (Å²) in [6.07, 6.45) is 3.74. The topological polar surface area (TPSA) is 93.2 Å². The molecule has 0 saturated carbocycles. The van der Waals surface area contributed by atoms with Gasteiger partial charge in [0, 0.05) is 25.9 Å². The van der Waals surface area contributed by atoms with E-state index < -0.39 is 0 Å². The minimum absolute atomic E-state index is 0. The van der Waals surface area contributed by atoms with Gasteiger partial charge in [-0.25, -0.2) is 4.99 Å². The summed E-state index contributed by atoms with van der Waals surface area (Å²) >= 11 is 0. The van der Waals surface area contributed by atoms with Gasteiger partial charge in [-0.1, -0.05) is 29.4 Å². The van der Waals surface area contributed by atoms with Crippen molar-refractivity contribution in [2.45, 2.75) is 33.5 Å². The van der Waals surface area contributed by atoms with Crippen LogP contribution in [-0.2, 0) is 19.6 Å². The Hall–Kier alpha value is -2.43. The van der Waals surface area contributed by atoms with E-state index in [1.165, 1.54) is 5.56 Å². The minimum atomic E-state index is 0. The highest BCUT2D eigenvalue weighted by Gasteiger charge is 2.06. The Balaban J connectivity index is 0.00000261. The van der Waals surface area contributed by atoms with Crippen LogP contribution in [-0.4, -0.2) is 32.4 Å². The molecule has 1 aromatic carbocycles. The van der Waals surface area contributed by atoms with Crippen LogP contribution in [0.25, 0.3) is 0 Å². The minimum Gasteiger partial charge on any atom is -0.357 e. The lowest BCUT2D eigenvalue weighted by atomic mass is 10.1. The second-order valence-electron chi connectivity index (χ2n) is 5.75. The van der Waals surface area contributed by atoms with Gasteiger partial charge in [-0.3, -0.25) is 4.68 Å². The zero-order valence-electron chi connectivity index (χ0n) is 15.4. The van der Waals surface area contributed by atoms with E-state index in [-0.39, 0.29) is 24.0 Å². The van der Waals surface area contributed by atoms with Crippen molar-refractivity contribution in [3.05, 3.63) is 65.6 Å². The van der Waals surface area contributed by atoms with Gasteiger partial charge in [-0.05, 0) is 24.1 Å². The molecule has 0 amide bonds. The Morgan fingerprint density at radius 3 is 2.67 bits per heavy atom. The van der Waals surface area contributed by atoms with E-state index >= 15 is 0 Å². The van der Waals surface area contributed by atoms with Crippen molar-refractivity contribution in [2.75, 3.05) is 6.54 Å². The molecule has 3 rings (SSSR count). The fourth-order valence-corrected chi connectivity index (χ4v) is 2.52. The first-order chi connectivity index (χ1) is 12.7. The molecule has 0 unspecified atom stereocenters. The summed E-state index contributed by atoms with van der Waals surface area (Å²) in [4.78, 5) is 8.86. The van der Waals surface area contributed by atoms with Gasteiger partial charge in [0.15, 0.2) is 11.8 Å². The molecule has 0 spiro atoms. The molecule has 2 heterocycles. The van der Waals surface area contributed by atoms with E-state index in [0.717, 1.165) is 18.7 Å². The zero-order chi connectivity index (χ0) is 18.2. The molecule has 0 aliphatic heterocycles. The molecular formula is C18H24IN7O. The quantitative estimate of drug-likeness (QED) is 0.306. The molecule has 144 valence electrons. The van der Waals surface area contributed by atoms with E-state index in [1.54, 1.807) is 13.1 Å². The molecule has 0 atom stereocenters. The number of benzene rings is 1. The SMILES string of the molecule is CCNC(=NCc1ccccc1Cn1cccn1)NCc1noc(C)n1.I. The predicted octanol–water partition coefficient (Wildman–Crippen LogP) is 2.50. The number of aryl methyl sites for hydroxylation is 1. The maximum absolute atomic E-state index is 4.98. The molecule has 0 aliphatic rings. The number of aliphatic imine (C=N–C) groups is 1. The van der Waals surface area contributed by atoms with Gasteiger partial charge < -0.3 is 15.2 Å². The largest absolute Gasteiger partial charge is 0.357 e. The first-order valence-electron chi connectivity index (χ1n) is 8.60. The average molecular weight is 481 g/mol. The number of halogens is 1. The smallest absolute Gasteiger partial charge is 0.223 e. The second-order valence-corrected chi connectivity index (χ2v) is 5.75. The van der Waals surface area contributed by atoms with E-state index in [0.29, 0.717) is 30.8 Å². The standard InChI is InChI=1S/C18H23N7O.HI/c1-3-19-18(21-12-17-23-14(2)26-24-17)20-11-15-7-4-5-8-16(15)13-25-10-6-9-22-25;/h4-10H,3,11-13H2,1-2H3,(H2,19,20,21);1H. The molecule has 0 bridgehead atoms. The number of rotatable bonds is 7. The van der Waals surface area contributed by atoms with Crippen LogP contribution in [0.4, 0.5) is 0 Å². The number of guanidine groups is 1. The fraction of sp³-hybridized carbons (Fsp3) is 0.333. The monoisotopic (exact) mass is 481 g/mol. The van der Waals surface area contributed by atoms with Crippen molar-refractivity contribution >= 4 is 29.9 Å². The first kappa shape index (κ1) is 20.9. The summed E-state index contributed by atoms with van der Waals surface area (Å²) < 4.78 is 6.89. The molecule has 0 radical (unpaired) electrons. The lowest BCUT2D eigenvalue weighted by Gasteiger charge is -2.11. The Bertz CT molecular complexity index is 845. The van der Waals surface area contributed by atoms with Crippen molar-refractivity contribution < 1.29 is 4.52 Å². The van der Waals surface area contributed by atoms with Crippen molar-refractivity contribution in [1.29, 1.82) is 0 Å². The lowest BCUT2D eigenvalue weighted by Crippen LogP contribution is -2.37. The Kier molecular flexibility index (Phi) is 8.24. The van der Waals surface area contributed by atoms with Gasteiger partial charge in [0.25, 0.3) is 0 Å². The summed E-state index contributed by atoms with van der Waals surface area (Å²) in [7, 11) is 0. The third-order valence-corrected chi connectivity index (χ3v) is 3.75. The number of hydrogen-bond acceptors (Lipinski definition) is 5. The van der Waals surface area contributed by atoms with Gasteiger partial charge in [0.05, 0.1) is 19.6 Å². The van der Waals surface area contributed by atoms with Gasteiger partial charge in [-0.15, -0.1) is 24.0 Å². The molecule has 3 aromatic rings. The van der Waals surface area contributed by atoms with Crippen LogP contribution in [0.3, 0.4) is 0 Å². The summed E-state index contributed by atoms with van der Waals surface area (Å²) in [6.45, 7) is 6.32. The highest BCUT2D eigenvalue weighted by atomic mass is 127. The predicted molar refractivity (Wildman–Crippen MR) is 114 cm³/mol. The van der Waals surface area contributed by atoms with Crippen molar-refractivity contribution in [3.63, 3.8) is 0 Å². The first-order valence-corrected chi connectivity index (χ1v) is 8.60. The van der Waals surface area contributed by atoms with E-state index in [4.69, 9.17) is 4.52 Å². The van der Waals surface area contributed by atoms with Crippen LogP contribution in [0.2, 0.25) is 0 Å². The summed E-state index contributed by atoms with van der Waals surface area (Å²) in [5, 5.41) is 14.6.